The van der Waals surface area contributed by atoms with Crippen LogP contribution < -0.4 is 0 Å². The van der Waals surface area contributed by atoms with Crippen LogP contribution >= 0.6 is 0 Å². The van der Waals surface area contributed by atoms with Gasteiger partial charge in [-0.1, -0.05) is 60.0 Å². The molecule has 2 fully saturated rings. The van der Waals surface area contributed by atoms with Gasteiger partial charge in [0, 0.05) is 6.42 Å². The van der Waals surface area contributed by atoms with E-state index in [-0.39, 0.29) is 34.4 Å². The monoisotopic (exact) mass is 402 g/mol. The number of allylic oxidation sites excluding steroid dienone is 2. The molecule has 3 aliphatic rings. The fraction of sp³-hybridized carbons (Fsp3) is 0.846. The zero-order valence-electron chi connectivity index (χ0n) is 19.2. The van der Waals surface area contributed by atoms with E-state index < -0.39 is 5.97 Å². The van der Waals surface area contributed by atoms with Gasteiger partial charge in [-0.2, -0.15) is 0 Å². The summed E-state index contributed by atoms with van der Waals surface area (Å²) in [7, 11) is 0. The first-order chi connectivity index (χ1) is 13.6. The van der Waals surface area contributed by atoms with Gasteiger partial charge in [0.2, 0.25) is 0 Å². The molecule has 0 amide bonds. The summed E-state index contributed by atoms with van der Waals surface area (Å²) in [5, 5.41) is 10.3. The molecule has 0 spiro atoms. The Labute approximate surface area is 177 Å². The lowest BCUT2D eigenvalue weighted by Crippen LogP contribution is -2.50. The van der Waals surface area contributed by atoms with Gasteiger partial charge in [-0.05, 0) is 78.6 Å². The van der Waals surface area contributed by atoms with E-state index in [1.807, 2.05) is 6.08 Å². The van der Waals surface area contributed by atoms with E-state index in [0.717, 1.165) is 31.6 Å². The van der Waals surface area contributed by atoms with E-state index in [0.29, 0.717) is 18.3 Å². The normalized spacial score (nSPS) is 40.8. The number of aliphatic carboxylic acids is 1. The van der Waals surface area contributed by atoms with Crippen molar-refractivity contribution >= 4 is 11.8 Å². The molecule has 0 bridgehead atoms. The maximum absolute atomic E-state index is 12.5. The molecule has 0 unspecified atom stereocenters. The minimum Gasteiger partial charge on any atom is -0.481 e. The molecule has 0 aliphatic heterocycles. The van der Waals surface area contributed by atoms with Crippen molar-refractivity contribution in [3.63, 3.8) is 0 Å². The molecule has 3 nitrogen and oxygen atoms in total. The molecule has 0 radical (unpaired) electrons. The second kappa shape index (κ2) is 8.55. The third-order valence-electron chi connectivity index (χ3n) is 9.16. The first-order valence-electron chi connectivity index (χ1n) is 12.0. The van der Waals surface area contributed by atoms with E-state index >= 15 is 0 Å². The van der Waals surface area contributed by atoms with E-state index in [9.17, 15) is 14.7 Å². The predicted molar refractivity (Wildman–Crippen MR) is 118 cm³/mol. The molecule has 164 valence electrons. The highest BCUT2D eigenvalue weighted by Gasteiger charge is 2.59. The van der Waals surface area contributed by atoms with E-state index in [1.165, 1.54) is 25.7 Å². The number of hydrogen-bond donors (Lipinski definition) is 1. The van der Waals surface area contributed by atoms with Crippen LogP contribution in [0, 0.1) is 46.3 Å². The molecule has 3 rings (SSSR count). The van der Waals surface area contributed by atoms with Crippen molar-refractivity contribution in [3.8, 4) is 0 Å². The lowest BCUT2D eigenvalue weighted by atomic mass is 9.51. The molecule has 0 saturated heterocycles. The molecule has 1 N–H and O–H groups in total. The SMILES string of the molecule is CC(C)CCC[C@H](C)[C@H]1CC[C@H]2[C@@H](C(=O)O)[C@@H]([C@]3(C)C=CC(=O)CC3)CC[C@]12C. The summed E-state index contributed by atoms with van der Waals surface area (Å²) < 4.78 is 0. The second-order valence-electron chi connectivity index (χ2n) is 11.4. The van der Waals surface area contributed by atoms with Crippen LogP contribution in [0.25, 0.3) is 0 Å². The highest BCUT2D eigenvalue weighted by molar-refractivity contribution is 5.90. The number of carbonyl (C=O) groups is 2. The molecule has 3 aliphatic carbocycles. The summed E-state index contributed by atoms with van der Waals surface area (Å²) in [6.45, 7) is 11.6. The first kappa shape index (κ1) is 22.6. The van der Waals surface area contributed by atoms with Crippen molar-refractivity contribution in [2.45, 2.75) is 92.4 Å². The molecule has 0 aromatic heterocycles. The van der Waals surface area contributed by atoms with Gasteiger partial charge in [0.15, 0.2) is 5.78 Å². The van der Waals surface area contributed by atoms with Crippen LogP contribution in [0.5, 0.6) is 0 Å². The number of fused-ring (bicyclic) bond motifs is 1. The maximum atomic E-state index is 12.5. The zero-order chi connectivity index (χ0) is 21.4. The van der Waals surface area contributed by atoms with Crippen molar-refractivity contribution in [1.29, 1.82) is 0 Å². The Kier molecular flexibility index (Phi) is 6.65. The number of carbonyl (C=O) groups excluding carboxylic acids is 1. The smallest absolute Gasteiger partial charge is 0.307 e. The Morgan fingerprint density at radius 3 is 2.41 bits per heavy atom. The van der Waals surface area contributed by atoms with Crippen LogP contribution in [-0.2, 0) is 9.59 Å². The molecule has 0 aromatic rings. The fourth-order valence-electron chi connectivity index (χ4n) is 7.40. The van der Waals surface area contributed by atoms with Crippen LogP contribution in [0.1, 0.15) is 92.4 Å². The lowest BCUT2D eigenvalue weighted by Gasteiger charge is -2.53. The van der Waals surface area contributed by atoms with Gasteiger partial charge in [0.05, 0.1) is 5.92 Å². The summed E-state index contributed by atoms with van der Waals surface area (Å²) in [6, 6.07) is 0. The summed E-state index contributed by atoms with van der Waals surface area (Å²) in [6.07, 6.45) is 13.3. The van der Waals surface area contributed by atoms with Gasteiger partial charge >= 0.3 is 5.97 Å². The quantitative estimate of drug-likeness (QED) is 0.527. The maximum Gasteiger partial charge on any atom is 0.307 e. The highest BCUT2D eigenvalue weighted by atomic mass is 16.4. The molecule has 29 heavy (non-hydrogen) atoms. The zero-order valence-corrected chi connectivity index (χ0v) is 19.2. The van der Waals surface area contributed by atoms with Crippen molar-refractivity contribution in [3.05, 3.63) is 12.2 Å². The molecule has 0 heterocycles. The van der Waals surface area contributed by atoms with E-state index in [1.54, 1.807) is 6.08 Å². The third-order valence-corrected chi connectivity index (χ3v) is 9.16. The van der Waals surface area contributed by atoms with Gasteiger partial charge in [0.1, 0.15) is 0 Å². The molecule has 2 saturated carbocycles. The molecule has 0 aromatic carbocycles. The standard InChI is InChI=1S/C26H42O3/c1-17(2)7-6-8-18(3)20-9-10-22-23(24(28)29)21(13-16-26(20,22)5)25(4)14-11-19(27)12-15-25/h11,14,17-18,20-23H,6-10,12-13,15-16H2,1-5H3,(H,28,29)/t18-,20+,21-,22-,23-,25+,26+/m0/s1. The number of hydrogen-bond acceptors (Lipinski definition) is 2. The Balaban J connectivity index is 1.79. The van der Waals surface area contributed by atoms with Gasteiger partial charge < -0.3 is 5.11 Å². The average Bonchev–Trinajstić information content (AvgIpc) is 3.00. The highest BCUT2D eigenvalue weighted by Crippen LogP contribution is 2.64. The Hall–Kier alpha value is -1.12. The molecular weight excluding hydrogens is 360 g/mol. The number of rotatable bonds is 7. The average molecular weight is 403 g/mol. The number of carboxylic acid groups (broad SMARTS) is 1. The van der Waals surface area contributed by atoms with Gasteiger partial charge in [-0.25, -0.2) is 0 Å². The Morgan fingerprint density at radius 1 is 1.10 bits per heavy atom. The van der Waals surface area contributed by atoms with Crippen LogP contribution in [0.2, 0.25) is 0 Å². The molecule has 3 heteroatoms. The Bertz CT molecular complexity index is 650. The largest absolute Gasteiger partial charge is 0.481 e. The minimum absolute atomic E-state index is 0.150. The summed E-state index contributed by atoms with van der Waals surface area (Å²) in [5.74, 6) is 1.83. The second-order valence-corrected chi connectivity index (χ2v) is 11.4. The van der Waals surface area contributed by atoms with Gasteiger partial charge in [0.25, 0.3) is 0 Å². The Morgan fingerprint density at radius 2 is 1.83 bits per heavy atom. The molecule has 7 atom stereocenters. The van der Waals surface area contributed by atoms with E-state index in [2.05, 4.69) is 34.6 Å². The van der Waals surface area contributed by atoms with Crippen molar-refractivity contribution in [2.75, 3.05) is 0 Å². The minimum atomic E-state index is -0.606. The van der Waals surface area contributed by atoms with Crippen LogP contribution in [0.3, 0.4) is 0 Å². The lowest BCUT2D eigenvalue weighted by molar-refractivity contribution is -0.156. The van der Waals surface area contributed by atoms with Crippen molar-refractivity contribution < 1.29 is 14.7 Å². The van der Waals surface area contributed by atoms with Crippen molar-refractivity contribution in [2.24, 2.45) is 46.3 Å². The number of carboxylic acids is 1. The summed E-state index contributed by atoms with van der Waals surface area (Å²) in [4.78, 5) is 24.3. The topological polar surface area (TPSA) is 54.4 Å². The van der Waals surface area contributed by atoms with Crippen LogP contribution in [-0.4, -0.2) is 16.9 Å². The summed E-state index contributed by atoms with van der Waals surface area (Å²) >= 11 is 0. The van der Waals surface area contributed by atoms with Crippen LogP contribution in [0.4, 0.5) is 0 Å². The third kappa shape index (κ3) is 4.35. The van der Waals surface area contributed by atoms with E-state index in [4.69, 9.17) is 0 Å². The molecular formula is C26H42O3. The summed E-state index contributed by atoms with van der Waals surface area (Å²) in [5.41, 5.74) is 0.000623. The number of ketones is 1. The van der Waals surface area contributed by atoms with Gasteiger partial charge in [-0.3, -0.25) is 9.59 Å². The van der Waals surface area contributed by atoms with Crippen molar-refractivity contribution in [1.82, 2.24) is 0 Å². The fourth-order valence-corrected chi connectivity index (χ4v) is 7.40. The van der Waals surface area contributed by atoms with Gasteiger partial charge in [-0.15, -0.1) is 0 Å². The van der Waals surface area contributed by atoms with Crippen LogP contribution in [0.15, 0.2) is 12.2 Å². The predicted octanol–water partition coefficient (Wildman–Crippen LogP) is 6.52. The first-order valence-corrected chi connectivity index (χ1v) is 12.0.